The summed E-state index contributed by atoms with van der Waals surface area (Å²) in [5.41, 5.74) is 6.41. The number of nitrogens with one attached hydrogen (secondary N) is 1. The smallest absolute Gasteiger partial charge is 0.410 e. The first-order valence-electron chi connectivity index (χ1n) is 11.4. The average molecular weight is 528 g/mol. The lowest BCUT2D eigenvalue weighted by atomic mass is 9.99. The van der Waals surface area contributed by atoms with Crippen molar-refractivity contribution in [1.82, 2.24) is 4.90 Å². The molecule has 0 spiro atoms. The average Bonchev–Trinajstić information content (AvgIpc) is 2.82. The van der Waals surface area contributed by atoms with Gasteiger partial charge in [-0.1, -0.05) is 26.0 Å². The summed E-state index contributed by atoms with van der Waals surface area (Å²) in [5, 5.41) is 41.0. The van der Waals surface area contributed by atoms with Crippen LogP contribution in [-0.2, 0) is 35.2 Å². The van der Waals surface area contributed by atoms with Crippen molar-refractivity contribution in [3.63, 3.8) is 0 Å². The molecule has 6 atom stereocenters. The zero-order valence-corrected chi connectivity index (χ0v) is 20.6. The molecule has 1 aliphatic heterocycles. The Kier molecular flexibility index (Phi) is 10.8. The summed E-state index contributed by atoms with van der Waals surface area (Å²) >= 11 is 0. The number of benzene rings is 1. The van der Waals surface area contributed by atoms with E-state index in [9.17, 15) is 34.5 Å². The summed E-state index contributed by atoms with van der Waals surface area (Å²) in [6.07, 6.45) is -9.59. The number of likely N-dealkylation sites (N-methyl/N-ethyl adjacent to an activating group) is 1. The van der Waals surface area contributed by atoms with Crippen LogP contribution >= 0.6 is 0 Å². The van der Waals surface area contributed by atoms with E-state index in [-0.39, 0.29) is 25.6 Å². The Balaban J connectivity index is 1.80. The maximum Gasteiger partial charge on any atom is 0.410 e. The van der Waals surface area contributed by atoms with Gasteiger partial charge in [0.05, 0.1) is 13.0 Å². The Bertz CT molecular complexity index is 956. The van der Waals surface area contributed by atoms with Crippen molar-refractivity contribution in [2.75, 3.05) is 19.0 Å². The van der Waals surface area contributed by atoms with Crippen LogP contribution in [0.1, 0.15) is 25.8 Å². The van der Waals surface area contributed by atoms with Gasteiger partial charge in [0.1, 0.15) is 31.0 Å². The van der Waals surface area contributed by atoms with Gasteiger partial charge >= 0.3 is 12.1 Å². The summed E-state index contributed by atoms with van der Waals surface area (Å²) in [4.78, 5) is 48.3. The molecule has 206 valence electrons. The van der Waals surface area contributed by atoms with Crippen LogP contribution in [0.5, 0.6) is 0 Å². The zero-order chi connectivity index (χ0) is 27.9. The molecule has 1 aromatic carbocycles. The van der Waals surface area contributed by atoms with Crippen molar-refractivity contribution in [3.8, 4) is 0 Å². The number of anilines is 1. The molecular weight excluding hydrogens is 494 g/mol. The van der Waals surface area contributed by atoms with E-state index in [4.69, 9.17) is 25.1 Å². The SMILES string of the molecule is CC(C)[C@@H](C(N)=O)N(C)C(=O)OCc1ccc(NC(=O)CCO[C@@H]2O[C@H](C(=O)O)[C@@H](O)[C@H](O)[C@H]2O)cc1. The molecule has 0 aliphatic carbocycles. The lowest BCUT2D eigenvalue weighted by Gasteiger charge is -2.38. The first-order chi connectivity index (χ1) is 17.3. The van der Waals surface area contributed by atoms with Crippen LogP contribution in [0.2, 0.25) is 0 Å². The Morgan fingerprint density at radius 3 is 2.24 bits per heavy atom. The molecule has 3 amide bonds. The molecule has 1 heterocycles. The fourth-order valence-electron chi connectivity index (χ4n) is 3.69. The molecule has 2 rings (SSSR count). The minimum absolute atomic E-state index is 0.0730. The van der Waals surface area contributed by atoms with Crippen LogP contribution < -0.4 is 11.1 Å². The molecule has 0 unspecified atom stereocenters. The molecule has 0 aromatic heterocycles. The van der Waals surface area contributed by atoms with Crippen molar-refractivity contribution in [2.45, 2.75) is 63.6 Å². The molecule has 1 fully saturated rings. The number of carboxylic acids is 1. The highest BCUT2D eigenvalue weighted by atomic mass is 16.7. The Labute approximate surface area is 212 Å². The number of amides is 3. The van der Waals surface area contributed by atoms with E-state index in [1.54, 1.807) is 38.1 Å². The molecule has 7 N–H and O–H groups in total. The number of hydrogen-bond acceptors (Lipinski definition) is 10. The molecule has 1 aliphatic rings. The number of primary amides is 1. The van der Waals surface area contributed by atoms with E-state index in [2.05, 4.69) is 5.32 Å². The van der Waals surface area contributed by atoms with Gasteiger partial charge in [-0.3, -0.25) is 14.5 Å². The number of carboxylic acid groups (broad SMARTS) is 1. The highest BCUT2D eigenvalue weighted by molar-refractivity contribution is 5.90. The number of nitrogens with two attached hydrogens (primary N) is 1. The predicted octanol–water partition coefficient (Wildman–Crippen LogP) is -0.998. The Morgan fingerprint density at radius 2 is 1.70 bits per heavy atom. The predicted molar refractivity (Wildman–Crippen MR) is 126 cm³/mol. The van der Waals surface area contributed by atoms with Crippen LogP contribution in [-0.4, -0.2) is 99.6 Å². The van der Waals surface area contributed by atoms with Gasteiger partial charge in [-0.15, -0.1) is 0 Å². The number of aliphatic carboxylic acids is 1. The lowest BCUT2D eigenvalue weighted by molar-refractivity contribution is -0.293. The van der Waals surface area contributed by atoms with E-state index >= 15 is 0 Å². The second-order valence-corrected chi connectivity index (χ2v) is 8.86. The molecule has 0 saturated carbocycles. The van der Waals surface area contributed by atoms with Crippen molar-refractivity contribution < 1.29 is 53.8 Å². The monoisotopic (exact) mass is 527 g/mol. The van der Waals surface area contributed by atoms with E-state index in [0.717, 1.165) is 4.90 Å². The minimum Gasteiger partial charge on any atom is -0.479 e. The largest absolute Gasteiger partial charge is 0.479 e. The molecule has 1 saturated heterocycles. The van der Waals surface area contributed by atoms with E-state index in [0.29, 0.717) is 11.3 Å². The third kappa shape index (κ3) is 8.10. The summed E-state index contributed by atoms with van der Waals surface area (Å²) in [7, 11) is 1.43. The molecule has 0 radical (unpaired) electrons. The highest BCUT2D eigenvalue weighted by Gasteiger charge is 2.47. The van der Waals surface area contributed by atoms with Crippen LogP contribution in [0.4, 0.5) is 10.5 Å². The second-order valence-electron chi connectivity index (χ2n) is 8.86. The van der Waals surface area contributed by atoms with Gasteiger partial charge < -0.3 is 45.7 Å². The molecule has 37 heavy (non-hydrogen) atoms. The normalized spacial score (nSPS) is 24.2. The quantitative estimate of drug-likeness (QED) is 0.205. The van der Waals surface area contributed by atoms with Gasteiger partial charge in [-0.25, -0.2) is 9.59 Å². The Hall–Kier alpha value is -3.30. The molecular formula is C23H33N3O11. The summed E-state index contributed by atoms with van der Waals surface area (Å²) in [6.45, 7) is 3.18. The number of aliphatic hydroxyl groups excluding tert-OH is 3. The van der Waals surface area contributed by atoms with Gasteiger partial charge in [0, 0.05) is 12.7 Å². The highest BCUT2D eigenvalue weighted by Crippen LogP contribution is 2.22. The van der Waals surface area contributed by atoms with Crippen LogP contribution in [0, 0.1) is 5.92 Å². The van der Waals surface area contributed by atoms with Crippen molar-refractivity contribution in [1.29, 1.82) is 0 Å². The number of carbonyl (C=O) groups excluding carboxylic acids is 3. The van der Waals surface area contributed by atoms with Crippen LogP contribution in [0.25, 0.3) is 0 Å². The lowest BCUT2D eigenvalue weighted by Crippen LogP contribution is -2.60. The van der Waals surface area contributed by atoms with Crippen LogP contribution in [0.3, 0.4) is 0 Å². The number of nitrogens with zero attached hydrogens (tertiary/aromatic N) is 1. The minimum atomic E-state index is -1.84. The van der Waals surface area contributed by atoms with Crippen molar-refractivity contribution in [3.05, 3.63) is 29.8 Å². The molecule has 1 aromatic rings. The summed E-state index contributed by atoms with van der Waals surface area (Å²) in [6, 6.07) is 5.60. The fraction of sp³-hybridized carbons (Fsp3) is 0.565. The number of carbonyl (C=O) groups is 4. The standard InChI is InChI=1S/C23H33N3O11/c1-11(2)15(20(24)31)26(3)23(34)36-10-12-4-6-13(7-5-12)25-14(27)8-9-35-22-18(30)16(28)17(29)19(37-22)21(32)33/h4-7,11,15-19,22,28-30H,8-10H2,1-3H3,(H2,24,31)(H,25,27)(H,32,33)/t15-,16-,17-,18+,19-,22+/m0/s1. The van der Waals surface area contributed by atoms with Crippen molar-refractivity contribution in [2.24, 2.45) is 11.7 Å². The molecule has 0 bridgehead atoms. The molecule has 14 heteroatoms. The maximum absolute atomic E-state index is 12.2. The van der Waals surface area contributed by atoms with Gasteiger partial charge in [0.15, 0.2) is 12.4 Å². The van der Waals surface area contributed by atoms with Crippen LogP contribution in [0.15, 0.2) is 24.3 Å². The fourth-order valence-corrected chi connectivity index (χ4v) is 3.69. The third-order valence-electron chi connectivity index (χ3n) is 5.65. The van der Waals surface area contributed by atoms with E-state index in [1.807, 2.05) is 0 Å². The summed E-state index contributed by atoms with van der Waals surface area (Å²) in [5.74, 6) is -2.83. The second kappa shape index (κ2) is 13.3. The number of aliphatic hydroxyl groups is 3. The maximum atomic E-state index is 12.2. The first-order valence-corrected chi connectivity index (χ1v) is 11.4. The van der Waals surface area contributed by atoms with Gasteiger partial charge in [-0.2, -0.15) is 0 Å². The van der Waals surface area contributed by atoms with Gasteiger partial charge in [0.2, 0.25) is 11.8 Å². The summed E-state index contributed by atoms with van der Waals surface area (Å²) < 4.78 is 15.4. The van der Waals surface area contributed by atoms with Gasteiger partial charge in [-0.05, 0) is 23.6 Å². The zero-order valence-electron chi connectivity index (χ0n) is 20.6. The van der Waals surface area contributed by atoms with E-state index in [1.165, 1.54) is 7.05 Å². The number of rotatable bonds is 11. The third-order valence-corrected chi connectivity index (χ3v) is 5.65. The van der Waals surface area contributed by atoms with Crippen molar-refractivity contribution >= 4 is 29.6 Å². The van der Waals surface area contributed by atoms with E-state index < -0.39 is 60.6 Å². The number of hydrogen-bond donors (Lipinski definition) is 6. The molecule has 14 nitrogen and oxygen atoms in total. The topological polar surface area (TPSA) is 218 Å². The number of ether oxygens (including phenoxy) is 3. The van der Waals surface area contributed by atoms with Gasteiger partial charge in [0.25, 0.3) is 0 Å². The Morgan fingerprint density at radius 1 is 1.08 bits per heavy atom. The first kappa shape index (κ1) is 29.9.